The molecule has 1 saturated carbocycles. The predicted octanol–water partition coefficient (Wildman–Crippen LogP) is 4.84. The highest BCUT2D eigenvalue weighted by atomic mass is 16.5. The number of ether oxygens (including phenoxy) is 1. The number of hydrogen-bond donors (Lipinski definition) is 3. The van der Waals surface area contributed by atoms with Crippen LogP contribution in [-0.2, 0) is 9.59 Å². The van der Waals surface area contributed by atoms with Crippen LogP contribution in [0.2, 0.25) is 0 Å². The zero-order valence-electron chi connectivity index (χ0n) is 36.4. The van der Waals surface area contributed by atoms with Gasteiger partial charge in [-0.1, -0.05) is 38.3 Å². The van der Waals surface area contributed by atoms with E-state index < -0.39 is 11.9 Å². The number of benzene rings is 2. The highest BCUT2D eigenvalue weighted by Gasteiger charge is 2.37. The molecule has 1 aliphatic carbocycles. The number of imide groups is 1. The summed E-state index contributed by atoms with van der Waals surface area (Å²) in [5, 5.41) is 23.8. The molecule has 2 aromatic carbocycles. The minimum absolute atomic E-state index is 0.0512. The van der Waals surface area contributed by atoms with Gasteiger partial charge in [-0.3, -0.25) is 34.0 Å². The van der Waals surface area contributed by atoms with Crippen LogP contribution in [-0.4, -0.2) is 115 Å². The first-order chi connectivity index (χ1) is 30.6. The van der Waals surface area contributed by atoms with Gasteiger partial charge in [0, 0.05) is 68.9 Å². The number of carbonyl (C=O) groups excluding carboxylic acids is 3. The Morgan fingerprint density at radius 3 is 2.54 bits per heavy atom. The van der Waals surface area contributed by atoms with Crippen LogP contribution in [0.4, 0.5) is 23.1 Å². The smallest absolute Gasteiger partial charge is 0.277 e. The molecule has 3 aliphatic heterocycles. The SMILES string of the molecule is CC[C@@H]1c2nnc(C)n2-c2cnc(Nc3ccc(C(=O)N4CCN(CCNc5cccc6c(C)nn(C7CCC(=O)NC7=O)c(=O)c56)CC4)cc3OC)nc2N1CC1CCCCC1. The second-order valence-electron chi connectivity index (χ2n) is 17.1. The first kappa shape index (κ1) is 41.9. The summed E-state index contributed by atoms with van der Waals surface area (Å²) in [6, 6.07) is 10.2. The summed E-state index contributed by atoms with van der Waals surface area (Å²) in [7, 11) is 1.59. The van der Waals surface area contributed by atoms with Crippen molar-refractivity contribution in [1.82, 2.24) is 49.6 Å². The first-order valence-electron chi connectivity index (χ1n) is 22.2. The van der Waals surface area contributed by atoms with Crippen molar-refractivity contribution in [2.45, 2.75) is 84.2 Å². The Bertz CT molecular complexity index is 2610. The zero-order valence-corrected chi connectivity index (χ0v) is 36.4. The van der Waals surface area contributed by atoms with E-state index >= 15 is 0 Å². The predicted molar refractivity (Wildman–Crippen MR) is 238 cm³/mol. The zero-order chi connectivity index (χ0) is 43.8. The van der Waals surface area contributed by atoms with Gasteiger partial charge >= 0.3 is 0 Å². The molecule has 2 atom stereocenters. The number of nitrogens with one attached hydrogen (secondary N) is 3. The van der Waals surface area contributed by atoms with E-state index in [0.29, 0.717) is 90.3 Å². The number of piperidine rings is 1. The van der Waals surface area contributed by atoms with Gasteiger partial charge in [-0.05, 0) is 69.7 Å². The van der Waals surface area contributed by atoms with E-state index in [1.807, 2.05) is 55.3 Å². The number of nitrogens with zero attached hydrogens (tertiary/aromatic N) is 10. The summed E-state index contributed by atoms with van der Waals surface area (Å²) in [5.74, 6) is 3.20. The summed E-state index contributed by atoms with van der Waals surface area (Å²) < 4.78 is 9.11. The molecule has 18 heteroatoms. The lowest BCUT2D eigenvalue weighted by atomic mass is 9.88. The van der Waals surface area contributed by atoms with Crippen molar-refractivity contribution in [2.75, 3.05) is 68.5 Å². The average molecular weight is 858 g/mol. The second-order valence-corrected chi connectivity index (χ2v) is 17.1. The molecule has 0 spiro atoms. The van der Waals surface area contributed by atoms with Crippen molar-refractivity contribution in [3.05, 3.63) is 75.9 Å². The van der Waals surface area contributed by atoms with E-state index in [0.717, 1.165) is 36.1 Å². The fraction of sp³-hybridized carbons (Fsp3) is 0.489. The molecular formula is C45H55N13O5. The Morgan fingerprint density at radius 2 is 1.78 bits per heavy atom. The maximum Gasteiger partial charge on any atom is 0.277 e. The minimum Gasteiger partial charge on any atom is -0.495 e. The molecule has 18 nitrogen and oxygen atoms in total. The van der Waals surface area contributed by atoms with Crippen LogP contribution in [0.15, 0.2) is 47.4 Å². The Hall–Kier alpha value is -6.43. The van der Waals surface area contributed by atoms with Crippen LogP contribution in [0.25, 0.3) is 16.5 Å². The van der Waals surface area contributed by atoms with Crippen molar-refractivity contribution >= 4 is 51.6 Å². The summed E-state index contributed by atoms with van der Waals surface area (Å²) in [6.45, 7) is 10.6. The first-order valence-corrected chi connectivity index (χ1v) is 22.2. The highest BCUT2D eigenvalue weighted by Crippen LogP contribution is 2.41. The molecule has 5 aromatic rings. The van der Waals surface area contributed by atoms with E-state index in [9.17, 15) is 19.2 Å². The molecule has 0 radical (unpaired) electrons. The molecule has 3 fully saturated rings. The van der Waals surface area contributed by atoms with Crippen molar-refractivity contribution < 1.29 is 19.1 Å². The van der Waals surface area contributed by atoms with Crippen molar-refractivity contribution in [1.29, 1.82) is 0 Å². The van der Waals surface area contributed by atoms with Gasteiger partial charge in [-0.15, -0.1) is 10.2 Å². The van der Waals surface area contributed by atoms with Crippen molar-refractivity contribution in [3.63, 3.8) is 0 Å². The van der Waals surface area contributed by atoms with Gasteiger partial charge in [-0.25, -0.2) is 9.67 Å². The van der Waals surface area contributed by atoms with Crippen LogP contribution in [0, 0.1) is 19.8 Å². The molecule has 3 N–H and O–H groups in total. The Labute approximate surface area is 365 Å². The number of methoxy groups -OCH3 is 1. The third kappa shape index (κ3) is 8.19. The van der Waals surface area contributed by atoms with Gasteiger partial charge in [-0.2, -0.15) is 10.1 Å². The third-order valence-electron chi connectivity index (χ3n) is 13.1. The third-order valence-corrected chi connectivity index (χ3v) is 13.1. The molecular weight excluding hydrogens is 803 g/mol. The number of hydrogen-bond acceptors (Lipinski definition) is 14. The van der Waals surface area contributed by atoms with E-state index in [4.69, 9.17) is 14.7 Å². The highest BCUT2D eigenvalue weighted by molar-refractivity contribution is 6.00. The summed E-state index contributed by atoms with van der Waals surface area (Å²) in [6.07, 6.45) is 9.34. The molecule has 6 heterocycles. The van der Waals surface area contributed by atoms with E-state index in [-0.39, 0.29) is 36.3 Å². The van der Waals surface area contributed by atoms with Gasteiger partial charge in [0.1, 0.15) is 23.3 Å². The van der Waals surface area contributed by atoms with Gasteiger partial charge in [0.25, 0.3) is 17.4 Å². The lowest BCUT2D eigenvalue weighted by molar-refractivity contribution is -0.136. The standard InChI is InChI=1S/C45H55N13O5/c1-5-34-41-52-51-28(3)57(41)36-25-47-45(50-40(36)56(34)26-29-10-7-6-8-11-29)48-32-15-14-30(24-37(32)63-4)43(61)55-22-20-54(21-23-55)19-18-46-33-13-9-12-31-27(2)53-58(44(62)39(31)33)35-16-17-38(59)49-42(35)60/h9,12-15,24-25,29,34-35,46H,5-8,10-11,16-23,26H2,1-4H3,(H,47,48,50)(H,49,59,60)/t34-,35?/m1/s1. The topological polar surface area (TPSA) is 198 Å². The van der Waals surface area contributed by atoms with Crippen molar-refractivity contribution in [3.8, 4) is 11.4 Å². The van der Waals surface area contributed by atoms with Gasteiger partial charge in [0.05, 0.1) is 36.1 Å². The fourth-order valence-corrected chi connectivity index (χ4v) is 9.73. The van der Waals surface area contributed by atoms with Crippen LogP contribution in [0.3, 0.4) is 0 Å². The number of aromatic nitrogens is 7. The second kappa shape index (κ2) is 17.7. The van der Waals surface area contributed by atoms with Crippen LogP contribution >= 0.6 is 0 Å². The molecule has 3 amide bonds. The number of anilines is 4. The maximum absolute atomic E-state index is 13.8. The quantitative estimate of drug-likeness (QED) is 0.144. The molecule has 3 aromatic heterocycles. The Balaban J connectivity index is 0.839. The molecule has 4 aliphatic rings. The number of carbonyl (C=O) groups is 3. The summed E-state index contributed by atoms with van der Waals surface area (Å²) in [5.41, 5.74) is 2.96. The molecule has 2 saturated heterocycles. The monoisotopic (exact) mass is 857 g/mol. The lowest BCUT2D eigenvalue weighted by Crippen LogP contribution is -2.49. The maximum atomic E-state index is 13.8. The van der Waals surface area contributed by atoms with Gasteiger partial charge < -0.3 is 25.2 Å². The fourth-order valence-electron chi connectivity index (χ4n) is 9.73. The van der Waals surface area contributed by atoms with Crippen molar-refractivity contribution in [2.24, 2.45) is 5.92 Å². The molecule has 63 heavy (non-hydrogen) atoms. The molecule has 330 valence electrons. The van der Waals surface area contributed by atoms with Crippen LogP contribution in [0.1, 0.15) is 98.1 Å². The number of piperazine rings is 1. The van der Waals surface area contributed by atoms with E-state index in [1.54, 1.807) is 13.2 Å². The Kier molecular flexibility index (Phi) is 11.8. The molecule has 1 unspecified atom stereocenters. The number of rotatable bonds is 12. The largest absolute Gasteiger partial charge is 0.495 e. The average Bonchev–Trinajstić information content (AvgIpc) is 3.69. The number of fused-ring (bicyclic) bond motifs is 4. The lowest BCUT2D eigenvalue weighted by Gasteiger charge is -2.39. The van der Waals surface area contributed by atoms with Crippen LogP contribution < -0.4 is 31.1 Å². The summed E-state index contributed by atoms with van der Waals surface area (Å²) >= 11 is 0. The summed E-state index contributed by atoms with van der Waals surface area (Å²) in [4.78, 5) is 68.4. The van der Waals surface area contributed by atoms with Gasteiger partial charge in [0.15, 0.2) is 11.6 Å². The van der Waals surface area contributed by atoms with E-state index in [2.05, 4.69) is 52.5 Å². The number of amides is 3. The van der Waals surface area contributed by atoms with Crippen LogP contribution in [0.5, 0.6) is 5.75 Å². The normalized spacial score (nSPS) is 19.4. The number of aryl methyl sites for hydroxylation is 2. The van der Waals surface area contributed by atoms with E-state index in [1.165, 1.54) is 36.8 Å². The minimum atomic E-state index is -0.845. The molecule has 0 bridgehead atoms. The van der Waals surface area contributed by atoms with Gasteiger partial charge in [0.2, 0.25) is 11.9 Å². The Morgan fingerprint density at radius 1 is 0.968 bits per heavy atom. The molecule has 9 rings (SSSR count).